The number of benzene rings is 4. The Labute approximate surface area is 351 Å². The number of hydrogen-bond acceptors (Lipinski definition) is 21. The summed E-state index contributed by atoms with van der Waals surface area (Å²) in [7, 11) is -23.4. The number of phenols is 1. The smallest absolute Gasteiger partial charge is 0.397 e. The minimum Gasteiger partial charge on any atom is -0.504 e. The van der Waals surface area contributed by atoms with Crippen LogP contribution in [0.25, 0.3) is 0 Å². The fraction of sp³-hybridized carbons (Fsp3) is 0.0667. The maximum atomic E-state index is 12.7. The predicted octanol–water partition coefficient (Wildman–Crippen LogP) is 4.94. The molecule has 10 N–H and O–H groups in total. The van der Waals surface area contributed by atoms with Gasteiger partial charge in [-0.25, -0.2) is 12.6 Å². The van der Waals surface area contributed by atoms with Crippen molar-refractivity contribution in [3.05, 3.63) is 95.8 Å². The van der Waals surface area contributed by atoms with E-state index in [1.165, 1.54) is 42.5 Å². The van der Waals surface area contributed by atoms with Crippen LogP contribution < -0.4 is 16.1 Å². The number of nitrogens with one attached hydrogen (secondary N) is 3. The van der Waals surface area contributed by atoms with E-state index in [4.69, 9.17) is 16.2 Å². The molecule has 25 nitrogen and oxygen atoms in total. The molecule has 326 valence electrons. The maximum absolute atomic E-state index is 12.7. The van der Waals surface area contributed by atoms with Crippen LogP contribution in [-0.2, 0) is 44.7 Å². The van der Waals surface area contributed by atoms with Crippen molar-refractivity contribution in [2.24, 2.45) is 15.3 Å². The number of amidine groups is 1. The van der Waals surface area contributed by atoms with E-state index in [2.05, 4.69) is 50.5 Å². The monoisotopic (exact) mass is 965 g/mol. The molecule has 0 saturated carbocycles. The van der Waals surface area contributed by atoms with E-state index in [9.17, 15) is 61.5 Å². The van der Waals surface area contributed by atoms with Gasteiger partial charge in [-0.2, -0.15) is 45.3 Å². The van der Waals surface area contributed by atoms with Crippen molar-refractivity contribution < 1.29 is 70.3 Å². The molecule has 0 unspecified atom stereocenters. The Morgan fingerprint density at radius 1 is 0.689 bits per heavy atom. The largest absolute Gasteiger partial charge is 0.504 e. The van der Waals surface area contributed by atoms with Crippen molar-refractivity contribution in [2.45, 2.75) is 19.6 Å². The van der Waals surface area contributed by atoms with Crippen LogP contribution in [0.2, 0.25) is 5.28 Å². The van der Waals surface area contributed by atoms with Crippen molar-refractivity contribution in [1.29, 1.82) is 0 Å². The lowest BCUT2D eigenvalue weighted by atomic mass is 10.2. The topological polar surface area (TPSA) is 399 Å². The second kappa shape index (κ2) is 18.2. The van der Waals surface area contributed by atoms with Gasteiger partial charge in [0.15, 0.2) is 15.6 Å². The summed E-state index contributed by atoms with van der Waals surface area (Å²) in [6.45, 7) is -0.883. The molecule has 31 heteroatoms. The first kappa shape index (κ1) is 46.6. The molecule has 0 aliphatic carbocycles. The zero-order chi connectivity index (χ0) is 45.0. The highest BCUT2D eigenvalue weighted by molar-refractivity contribution is 8.19. The van der Waals surface area contributed by atoms with Crippen molar-refractivity contribution in [1.82, 2.24) is 15.0 Å². The predicted molar refractivity (Wildman–Crippen MR) is 216 cm³/mol. The molecule has 0 spiro atoms. The van der Waals surface area contributed by atoms with Gasteiger partial charge < -0.3 is 29.4 Å². The molecule has 4 aromatic carbocycles. The van der Waals surface area contributed by atoms with E-state index in [1.54, 1.807) is 6.07 Å². The van der Waals surface area contributed by atoms with Gasteiger partial charge in [-0.15, -0.1) is 10.2 Å². The first-order valence-corrected chi connectivity index (χ1v) is 23.7. The van der Waals surface area contributed by atoms with Gasteiger partial charge in [-0.1, -0.05) is 36.4 Å². The normalized spacial score (nSPS) is 13.3. The van der Waals surface area contributed by atoms with Gasteiger partial charge in [0.1, 0.15) is 21.5 Å². The molecular formula is C30H28ClN9O16S5. The Morgan fingerprint density at radius 3 is 1.97 bits per heavy atom. The van der Waals surface area contributed by atoms with Crippen molar-refractivity contribution in [3.8, 4) is 5.75 Å². The summed E-state index contributed by atoms with van der Waals surface area (Å²) in [6, 6.07) is 16.3. The number of aromatic nitrogens is 3. The zero-order valence-corrected chi connectivity index (χ0v) is 34.7. The summed E-state index contributed by atoms with van der Waals surface area (Å²) < 4.78 is 157. The number of nitrogens with zero attached hydrogens (tertiary/aromatic N) is 6. The average Bonchev–Trinajstić information content (AvgIpc) is 3.14. The van der Waals surface area contributed by atoms with Crippen LogP contribution >= 0.6 is 22.5 Å². The van der Waals surface area contributed by atoms with Gasteiger partial charge in [0.25, 0.3) is 20.2 Å². The van der Waals surface area contributed by atoms with Gasteiger partial charge in [0, 0.05) is 11.3 Å². The first-order chi connectivity index (χ1) is 28.3. The highest BCUT2D eigenvalue weighted by atomic mass is 35.5. The average molecular weight is 966 g/mol. The molecule has 0 aliphatic heterocycles. The molecule has 5 rings (SSSR count). The van der Waals surface area contributed by atoms with Crippen LogP contribution in [0.5, 0.6) is 5.75 Å². The third kappa shape index (κ3) is 13.0. The van der Waals surface area contributed by atoms with E-state index in [1.807, 2.05) is 0 Å². The molecule has 0 fully saturated rings. The molecule has 61 heavy (non-hydrogen) atoms. The molecule has 0 saturated heterocycles. The van der Waals surface area contributed by atoms with Gasteiger partial charge in [-0.05, 0) is 60.1 Å². The summed E-state index contributed by atoms with van der Waals surface area (Å²) >= 11 is 6.08. The molecular weight excluding hydrogens is 938 g/mol. The number of hydrogen-bond donors (Lipinski definition) is 10. The number of aromatic hydroxyl groups is 1. The number of sulfone groups is 1. The fourth-order valence-corrected chi connectivity index (χ4v) is 8.06. The van der Waals surface area contributed by atoms with Gasteiger partial charge >= 0.3 is 10.4 Å². The Bertz CT molecular complexity index is 2990. The van der Waals surface area contributed by atoms with Crippen molar-refractivity contribution in [2.75, 3.05) is 28.4 Å². The number of halogens is 1. The summed E-state index contributed by atoms with van der Waals surface area (Å²) in [5, 5.41) is 27.6. The SMILES string of the molecule is O=S(=O)(O)OCCS(=O)(=O)c1cccc(Nc2nc(Cl)nc(Nc3cc(S(=O)(=O)O)cc(N=N/C(=N\Nc4cc(S(O)(O)O)ccc4S(=O)(=O)O)c4ccccc4)c3O)n2)c1. The highest BCUT2D eigenvalue weighted by Crippen LogP contribution is 2.45. The summed E-state index contributed by atoms with van der Waals surface area (Å²) in [5.74, 6) is -2.88. The van der Waals surface area contributed by atoms with Gasteiger partial charge in [0.2, 0.25) is 23.0 Å². The Hall–Kier alpha value is -5.48. The van der Waals surface area contributed by atoms with Crippen LogP contribution in [0.4, 0.5) is 34.6 Å². The summed E-state index contributed by atoms with van der Waals surface area (Å²) in [5.41, 5.74) is 0.746. The van der Waals surface area contributed by atoms with E-state index in [0.29, 0.717) is 6.07 Å². The third-order valence-electron chi connectivity index (χ3n) is 7.36. The molecule has 0 amide bonds. The van der Waals surface area contributed by atoms with E-state index >= 15 is 0 Å². The van der Waals surface area contributed by atoms with Crippen LogP contribution in [-0.4, -0.2) is 99.2 Å². The van der Waals surface area contributed by atoms with Crippen LogP contribution in [0.1, 0.15) is 5.56 Å². The molecule has 0 radical (unpaired) electrons. The third-order valence-corrected chi connectivity index (χ3v) is 12.3. The Balaban J connectivity index is 1.49. The quantitative estimate of drug-likeness (QED) is 0.0156. The standard InChI is InChI=1S/C30H28ClN9O16S5/c31-28-34-29(32-18-7-4-8-19(13-18)57(42,43)12-11-56-61(53,54)55)36-30(35-28)33-23-15-21(59(47,48)49)16-24(26(23)41)38-40-27(17-5-2-1-3-6-17)39-37-22-14-20(58(44,45)46)9-10-25(22)60(50,51)52/h1-10,13-16,37,41,44-46H,11-12H2,(H,47,48,49)(H,50,51,52)(H,53,54,55)(H2,32,33,34,35,36)/b39-27-,40-38?. The highest BCUT2D eigenvalue weighted by Gasteiger charge is 2.23. The maximum Gasteiger partial charge on any atom is 0.397 e. The second-order valence-electron chi connectivity index (χ2n) is 11.7. The van der Waals surface area contributed by atoms with Crippen LogP contribution in [0.15, 0.2) is 120 Å². The Kier molecular flexibility index (Phi) is 13.9. The lowest BCUT2D eigenvalue weighted by molar-refractivity contribution is 0.284. The molecule has 0 atom stereocenters. The van der Waals surface area contributed by atoms with Gasteiger partial charge in [0.05, 0.1) is 38.4 Å². The minimum atomic E-state index is -5.04. The van der Waals surface area contributed by atoms with Crippen molar-refractivity contribution >= 4 is 103 Å². The Morgan fingerprint density at radius 2 is 1.34 bits per heavy atom. The fourth-order valence-electron chi connectivity index (χ4n) is 4.70. The number of azo groups is 1. The second-order valence-corrected chi connectivity index (χ2v) is 19.5. The lowest BCUT2D eigenvalue weighted by Gasteiger charge is -2.20. The number of hydrazone groups is 1. The van der Waals surface area contributed by atoms with Crippen LogP contribution in [0, 0.1) is 0 Å². The molecule has 0 bridgehead atoms. The molecule has 5 aromatic rings. The van der Waals surface area contributed by atoms with E-state index in [-0.39, 0.29) is 22.1 Å². The molecule has 0 aliphatic rings. The van der Waals surface area contributed by atoms with Gasteiger partial charge in [-0.3, -0.25) is 19.1 Å². The van der Waals surface area contributed by atoms with Crippen LogP contribution in [0.3, 0.4) is 0 Å². The molecule has 1 aromatic heterocycles. The van der Waals surface area contributed by atoms with Crippen molar-refractivity contribution in [3.63, 3.8) is 0 Å². The summed E-state index contributed by atoms with van der Waals surface area (Å²) in [4.78, 5) is 9.26. The number of phenolic OH excluding ortho intramolecular Hbond substituents is 1. The number of anilines is 5. The molecule has 1 heterocycles. The number of rotatable bonds is 16. The minimum absolute atomic E-state index is 0.0561. The zero-order valence-electron chi connectivity index (χ0n) is 29.9. The van der Waals surface area contributed by atoms with E-state index in [0.717, 1.165) is 30.3 Å². The lowest BCUT2D eigenvalue weighted by Crippen LogP contribution is -2.15. The first-order valence-electron chi connectivity index (χ1n) is 16.0. The van der Waals surface area contributed by atoms with E-state index < -0.39 is 118 Å². The summed E-state index contributed by atoms with van der Waals surface area (Å²) in [6.07, 6.45) is 0.